The molecule has 2 aromatic carbocycles. The average molecular weight is 442 g/mol. The van der Waals surface area contributed by atoms with Crippen molar-refractivity contribution < 1.29 is 12.8 Å². The van der Waals surface area contributed by atoms with Crippen LogP contribution in [0.2, 0.25) is 0 Å². The number of hydrogen-bond donors (Lipinski definition) is 3. The summed E-state index contributed by atoms with van der Waals surface area (Å²) in [5.74, 6) is 0.968. The standard InChI is InChI=1S/C22H27N5O3S/c1-17-8-10-19(11-9-17)21-27-20(16-30-21)15-25-22(23-2)24-12-13-31(28,29)26-14-18-6-4-3-5-7-18/h3-11,16,26H,12-15H2,1-2H3,(H2,23,24,25). The van der Waals surface area contributed by atoms with Crippen molar-refractivity contribution in [3.8, 4) is 11.5 Å². The van der Waals surface area contributed by atoms with Crippen LogP contribution in [0.1, 0.15) is 16.8 Å². The normalized spacial score (nSPS) is 12.0. The van der Waals surface area contributed by atoms with Crippen LogP contribution in [-0.2, 0) is 23.1 Å². The fourth-order valence-electron chi connectivity index (χ4n) is 2.78. The van der Waals surface area contributed by atoms with Crippen molar-refractivity contribution in [3.63, 3.8) is 0 Å². The summed E-state index contributed by atoms with van der Waals surface area (Å²) in [6.45, 7) is 2.91. The molecule has 3 aromatic rings. The molecular weight excluding hydrogens is 414 g/mol. The first kappa shape index (κ1) is 22.5. The number of aromatic nitrogens is 1. The van der Waals surface area contributed by atoms with Crippen molar-refractivity contribution in [1.82, 2.24) is 20.3 Å². The van der Waals surface area contributed by atoms with Gasteiger partial charge in [-0.15, -0.1) is 0 Å². The zero-order valence-electron chi connectivity index (χ0n) is 17.6. The molecule has 164 valence electrons. The Kier molecular flexibility index (Phi) is 7.80. The molecule has 0 saturated carbocycles. The number of oxazole rings is 1. The Morgan fingerprint density at radius 2 is 1.77 bits per heavy atom. The summed E-state index contributed by atoms with van der Waals surface area (Å²) >= 11 is 0. The van der Waals surface area contributed by atoms with Crippen LogP contribution in [0.25, 0.3) is 11.5 Å². The number of nitrogens with one attached hydrogen (secondary N) is 3. The quantitative estimate of drug-likeness (QED) is 0.348. The van der Waals surface area contributed by atoms with Crippen LogP contribution in [0.15, 0.2) is 70.3 Å². The van der Waals surface area contributed by atoms with E-state index < -0.39 is 10.0 Å². The molecule has 0 aliphatic carbocycles. The molecule has 1 heterocycles. The van der Waals surface area contributed by atoms with E-state index in [1.165, 1.54) is 5.56 Å². The molecule has 31 heavy (non-hydrogen) atoms. The second-order valence-corrected chi connectivity index (χ2v) is 8.91. The van der Waals surface area contributed by atoms with Crippen molar-refractivity contribution >= 4 is 16.0 Å². The second-order valence-electron chi connectivity index (χ2n) is 6.99. The summed E-state index contributed by atoms with van der Waals surface area (Å²) in [5.41, 5.74) is 3.71. The lowest BCUT2D eigenvalue weighted by Gasteiger charge is -2.11. The summed E-state index contributed by atoms with van der Waals surface area (Å²) in [6, 6.07) is 17.3. The van der Waals surface area contributed by atoms with Gasteiger partial charge in [0.2, 0.25) is 15.9 Å². The maximum atomic E-state index is 12.2. The van der Waals surface area contributed by atoms with Gasteiger partial charge in [-0.3, -0.25) is 4.99 Å². The summed E-state index contributed by atoms with van der Waals surface area (Å²) < 4.78 is 32.5. The molecule has 0 atom stereocenters. The summed E-state index contributed by atoms with van der Waals surface area (Å²) in [4.78, 5) is 8.58. The SMILES string of the molecule is CN=C(NCCS(=O)(=O)NCc1ccccc1)NCc1coc(-c2ccc(C)cc2)n1. The van der Waals surface area contributed by atoms with Gasteiger partial charge in [-0.05, 0) is 24.6 Å². The second kappa shape index (κ2) is 10.7. The zero-order valence-corrected chi connectivity index (χ0v) is 18.4. The first-order valence-electron chi connectivity index (χ1n) is 9.92. The van der Waals surface area contributed by atoms with E-state index in [2.05, 4.69) is 25.3 Å². The van der Waals surface area contributed by atoms with Crippen LogP contribution in [0.5, 0.6) is 0 Å². The van der Waals surface area contributed by atoms with Gasteiger partial charge in [-0.1, -0.05) is 48.0 Å². The van der Waals surface area contributed by atoms with E-state index in [4.69, 9.17) is 4.42 Å². The van der Waals surface area contributed by atoms with Crippen LogP contribution in [0, 0.1) is 6.92 Å². The highest BCUT2D eigenvalue weighted by Crippen LogP contribution is 2.18. The van der Waals surface area contributed by atoms with Gasteiger partial charge >= 0.3 is 0 Å². The van der Waals surface area contributed by atoms with Gasteiger partial charge in [-0.25, -0.2) is 18.1 Å². The summed E-state index contributed by atoms with van der Waals surface area (Å²) in [6.07, 6.45) is 1.59. The molecule has 0 radical (unpaired) electrons. The van der Waals surface area contributed by atoms with Crippen LogP contribution >= 0.6 is 0 Å². The van der Waals surface area contributed by atoms with E-state index in [9.17, 15) is 8.42 Å². The maximum Gasteiger partial charge on any atom is 0.226 e. The minimum atomic E-state index is -3.40. The van der Waals surface area contributed by atoms with Crippen LogP contribution in [-0.4, -0.2) is 38.7 Å². The van der Waals surface area contributed by atoms with Gasteiger partial charge in [0.25, 0.3) is 0 Å². The average Bonchev–Trinajstić information content (AvgIpc) is 3.25. The number of hydrogen-bond acceptors (Lipinski definition) is 5. The topological polar surface area (TPSA) is 109 Å². The van der Waals surface area contributed by atoms with E-state index in [0.29, 0.717) is 18.4 Å². The number of aliphatic imine (C=N–C) groups is 1. The lowest BCUT2D eigenvalue weighted by atomic mass is 10.1. The molecule has 1 aromatic heterocycles. The molecule has 9 heteroatoms. The molecule has 0 fully saturated rings. The number of sulfonamides is 1. The molecule has 0 aliphatic heterocycles. The van der Waals surface area contributed by atoms with Gasteiger partial charge in [0.05, 0.1) is 18.0 Å². The van der Waals surface area contributed by atoms with E-state index in [0.717, 1.165) is 16.8 Å². The molecule has 3 N–H and O–H groups in total. The highest BCUT2D eigenvalue weighted by atomic mass is 32.2. The van der Waals surface area contributed by atoms with E-state index in [-0.39, 0.29) is 18.8 Å². The van der Waals surface area contributed by atoms with Crippen molar-refractivity contribution in [2.24, 2.45) is 4.99 Å². The lowest BCUT2D eigenvalue weighted by molar-refractivity contribution is 0.572. The highest BCUT2D eigenvalue weighted by Gasteiger charge is 2.11. The molecule has 0 unspecified atom stereocenters. The zero-order chi connectivity index (χ0) is 22.1. The first-order chi connectivity index (χ1) is 14.9. The smallest absolute Gasteiger partial charge is 0.226 e. The minimum absolute atomic E-state index is 0.0674. The molecule has 0 spiro atoms. The largest absolute Gasteiger partial charge is 0.444 e. The summed E-state index contributed by atoms with van der Waals surface area (Å²) in [7, 11) is -1.78. The van der Waals surface area contributed by atoms with Crippen LogP contribution in [0.3, 0.4) is 0 Å². The molecular formula is C22H27N5O3S. The van der Waals surface area contributed by atoms with Crippen LogP contribution < -0.4 is 15.4 Å². The fourth-order valence-corrected chi connectivity index (χ4v) is 3.68. The number of guanidine groups is 1. The molecule has 8 nitrogen and oxygen atoms in total. The predicted molar refractivity (Wildman–Crippen MR) is 122 cm³/mol. The van der Waals surface area contributed by atoms with Crippen molar-refractivity contribution in [2.45, 2.75) is 20.0 Å². The van der Waals surface area contributed by atoms with Gasteiger partial charge in [-0.2, -0.15) is 0 Å². The monoisotopic (exact) mass is 441 g/mol. The molecule has 0 saturated heterocycles. The number of rotatable bonds is 9. The maximum absolute atomic E-state index is 12.2. The number of benzene rings is 2. The first-order valence-corrected chi connectivity index (χ1v) is 11.6. The van der Waals surface area contributed by atoms with Gasteiger partial charge in [0, 0.05) is 25.7 Å². The predicted octanol–water partition coefficient (Wildman–Crippen LogP) is 2.43. The minimum Gasteiger partial charge on any atom is -0.444 e. The molecule has 0 amide bonds. The van der Waals surface area contributed by atoms with E-state index in [1.54, 1.807) is 13.3 Å². The van der Waals surface area contributed by atoms with Gasteiger partial charge < -0.3 is 15.1 Å². The van der Waals surface area contributed by atoms with Crippen molar-refractivity contribution in [1.29, 1.82) is 0 Å². The summed E-state index contributed by atoms with van der Waals surface area (Å²) in [5, 5.41) is 6.10. The number of nitrogens with zero attached hydrogens (tertiary/aromatic N) is 2. The molecule has 0 aliphatic rings. The third-order valence-electron chi connectivity index (χ3n) is 4.51. The Labute approximate surface area is 182 Å². The fraction of sp³-hybridized carbons (Fsp3) is 0.273. The Hall–Kier alpha value is -3.17. The van der Waals surface area contributed by atoms with E-state index in [1.807, 2.05) is 61.5 Å². The van der Waals surface area contributed by atoms with E-state index >= 15 is 0 Å². The highest BCUT2D eigenvalue weighted by molar-refractivity contribution is 7.89. The Balaban J connectivity index is 1.43. The number of aryl methyl sites for hydroxylation is 1. The third-order valence-corrected chi connectivity index (χ3v) is 5.84. The Bertz CT molecular complexity index is 1090. The van der Waals surface area contributed by atoms with Gasteiger partial charge in [0.1, 0.15) is 6.26 Å². The lowest BCUT2D eigenvalue weighted by Crippen LogP contribution is -2.40. The molecule has 0 bridgehead atoms. The van der Waals surface area contributed by atoms with Crippen LogP contribution in [0.4, 0.5) is 0 Å². The Morgan fingerprint density at radius 3 is 2.48 bits per heavy atom. The van der Waals surface area contributed by atoms with Crippen molar-refractivity contribution in [3.05, 3.63) is 77.7 Å². The Morgan fingerprint density at radius 1 is 1.03 bits per heavy atom. The van der Waals surface area contributed by atoms with Crippen molar-refractivity contribution in [2.75, 3.05) is 19.3 Å². The molecule has 3 rings (SSSR count). The van der Waals surface area contributed by atoms with Gasteiger partial charge in [0.15, 0.2) is 5.96 Å². The third kappa shape index (κ3) is 7.23.